The first-order chi connectivity index (χ1) is 11.7. The van der Waals surface area contributed by atoms with Gasteiger partial charge >= 0.3 is 0 Å². The van der Waals surface area contributed by atoms with Crippen molar-refractivity contribution >= 4 is 33.3 Å². The number of ketones is 1. The number of amides is 1. The fraction of sp³-hybridized carbons (Fsp3) is 0.250. The number of nitrogens with one attached hydrogen (secondary N) is 2. The minimum atomic E-state index is -3.85. The molecule has 1 heterocycles. The Morgan fingerprint density at radius 2 is 1.60 bits per heavy atom. The highest BCUT2D eigenvalue weighted by atomic mass is 32.2. The summed E-state index contributed by atoms with van der Waals surface area (Å²) in [6, 6.07) is 7.29. The zero-order chi connectivity index (χ0) is 18.6. The van der Waals surface area contributed by atoms with Gasteiger partial charge < -0.3 is 5.32 Å². The number of anilines is 2. The Morgan fingerprint density at radius 3 is 2.12 bits per heavy atom. The van der Waals surface area contributed by atoms with E-state index in [4.69, 9.17) is 0 Å². The van der Waals surface area contributed by atoms with E-state index in [-0.39, 0.29) is 23.0 Å². The fourth-order valence-corrected chi connectivity index (χ4v) is 3.04. The third kappa shape index (κ3) is 5.35. The number of carbonyl (C=O) groups excluding carboxylic acids is 2. The monoisotopic (exact) mass is 362 g/mol. The van der Waals surface area contributed by atoms with Crippen LogP contribution in [0, 0.1) is 13.8 Å². The molecule has 0 saturated heterocycles. The average Bonchev–Trinajstić information content (AvgIpc) is 2.45. The van der Waals surface area contributed by atoms with Gasteiger partial charge in [0.2, 0.25) is 11.9 Å². The number of sulfonamides is 1. The van der Waals surface area contributed by atoms with Gasteiger partial charge in [0, 0.05) is 17.1 Å². The van der Waals surface area contributed by atoms with Crippen molar-refractivity contribution < 1.29 is 18.0 Å². The molecule has 1 aromatic heterocycles. The van der Waals surface area contributed by atoms with Crippen LogP contribution in [0.1, 0.15) is 24.7 Å². The molecule has 0 saturated carbocycles. The predicted molar refractivity (Wildman–Crippen MR) is 92.7 cm³/mol. The quantitative estimate of drug-likeness (QED) is 0.757. The third-order valence-corrected chi connectivity index (χ3v) is 4.41. The van der Waals surface area contributed by atoms with Gasteiger partial charge in [-0.15, -0.1) is 0 Å². The number of Topliss-reactive ketones (excluding diaryl/α,β-unsaturated/α-hetero) is 1. The van der Waals surface area contributed by atoms with Crippen LogP contribution in [-0.4, -0.2) is 30.1 Å². The van der Waals surface area contributed by atoms with Gasteiger partial charge in [-0.3, -0.25) is 9.59 Å². The van der Waals surface area contributed by atoms with Gasteiger partial charge in [-0.25, -0.2) is 23.1 Å². The van der Waals surface area contributed by atoms with Gasteiger partial charge in [0.25, 0.3) is 10.0 Å². The van der Waals surface area contributed by atoms with E-state index in [1.165, 1.54) is 31.2 Å². The van der Waals surface area contributed by atoms with Crippen LogP contribution in [0.5, 0.6) is 0 Å². The molecule has 0 unspecified atom stereocenters. The fourth-order valence-electron chi connectivity index (χ4n) is 2.10. The van der Waals surface area contributed by atoms with Crippen molar-refractivity contribution in [2.24, 2.45) is 0 Å². The molecule has 0 spiro atoms. The Labute approximate surface area is 145 Å². The summed E-state index contributed by atoms with van der Waals surface area (Å²) in [4.78, 5) is 30.5. The molecule has 0 aliphatic carbocycles. The summed E-state index contributed by atoms with van der Waals surface area (Å²) in [5.41, 5.74) is 1.69. The maximum atomic E-state index is 12.4. The molecular formula is C16H18N4O4S. The normalized spacial score (nSPS) is 11.0. The van der Waals surface area contributed by atoms with E-state index in [0.717, 1.165) is 0 Å². The number of nitrogens with zero attached hydrogens (tertiary/aromatic N) is 2. The van der Waals surface area contributed by atoms with Gasteiger partial charge in [0.1, 0.15) is 5.78 Å². The molecule has 2 aromatic rings. The SMILES string of the molecule is CC(=O)CC(=O)Nc1ccc(S(=O)(=O)Nc2nc(C)cc(C)n2)cc1. The molecule has 1 amide bonds. The molecular weight excluding hydrogens is 344 g/mol. The van der Waals surface area contributed by atoms with Crippen molar-refractivity contribution in [1.82, 2.24) is 9.97 Å². The van der Waals surface area contributed by atoms with Crippen LogP contribution >= 0.6 is 0 Å². The number of hydrogen-bond donors (Lipinski definition) is 2. The number of aromatic nitrogens is 2. The second-order valence-corrected chi connectivity index (χ2v) is 7.21. The van der Waals surface area contributed by atoms with Crippen molar-refractivity contribution in [2.75, 3.05) is 10.0 Å². The number of rotatable bonds is 6. The van der Waals surface area contributed by atoms with Gasteiger partial charge in [0.05, 0.1) is 11.3 Å². The van der Waals surface area contributed by atoms with Crippen molar-refractivity contribution in [3.05, 3.63) is 41.7 Å². The highest BCUT2D eigenvalue weighted by Gasteiger charge is 2.16. The van der Waals surface area contributed by atoms with Crippen LogP contribution in [0.4, 0.5) is 11.6 Å². The molecule has 0 aliphatic heterocycles. The van der Waals surface area contributed by atoms with Crippen molar-refractivity contribution in [1.29, 1.82) is 0 Å². The van der Waals surface area contributed by atoms with Crippen LogP contribution in [0.2, 0.25) is 0 Å². The predicted octanol–water partition coefficient (Wildman–Crippen LogP) is 1.81. The summed E-state index contributed by atoms with van der Waals surface area (Å²) in [5, 5.41) is 2.52. The Bertz CT molecular complexity index is 888. The molecule has 1 aromatic carbocycles. The lowest BCUT2D eigenvalue weighted by Gasteiger charge is -2.09. The Hall–Kier alpha value is -2.81. The smallest absolute Gasteiger partial charge is 0.264 e. The maximum absolute atomic E-state index is 12.4. The van der Waals surface area contributed by atoms with Crippen LogP contribution in [-0.2, 0) is 19.6 Å². The van der Waals surface area contributed by atoms with Crippen molar-refractivity contribution in [3.8, 4) is 0 Å². The van der Waals surface area contributed by atoms with Gasteiger partial charge in [0.15, 0.2) is 0 Å². The first kappa shape index (κ1) is 18.5. The number of carbonyl (C=O) groups is 2. The van der Waals surface area contributed by atoms with Gasteiger partial charge in [-0.2, -0.15) is 0 Å². The molecule has 0 bridgehead atoms. The van der Waals surface area contributed by atoms with Crippen LogP contribution in [0.3, 0.4) is 0 Å². The summed E-state index contributed by atoms with van der Waals surface area (Å²) >= 11 is 0. The largest absolute Gasteiger partial charge is 0.326 e. The first-order valence-electron chi connectivity index (χ1n) is 7.40. The molecule has 2 N–H and O–H groups in total. The second-order valence-electron chi connectivity index (χ2n) is 5.53. The van der Waals surface area contributed by atoms with E-state index in [1.54, 1.807) is 19.9 Å². The van der Waals surface area contributed by atoms with E-state index >= 15 is 0 Å². The summed E-state index contributed by atoms with van der Waals surface area (Å²) in [6.45, 7) is 4.80. The summed E-state index contributed by atoms with van der Waals surface area (Å²) in [7, 11) is -3.85. The molecule has 0 aliphatic rings. The molecule has 132 valence electrons. The molecule has 0 atom stereocenters. The van der Waals surface area contributed by atoms with Crippen molar-refractivity contribution in [3.63, 3.8) is 0 Å². The van der Waals surface area contributed by atoms with E-state index in [9.17, 15) is 18.0 Å². The topological polar surface area (TPSA) is 118 Å². The van der Waals surface area contributed by atoms with E-state index < -0.39 is 15.9 Å². The number of hydrogen-bond acceptors (Lipinski definition) is 6. The molecule has 9 heteroatoms. The zero-order valence-corrected chi connectivity index (χ0v) is 14.8. The highest BCUT2D eigenvalue weighted by Crippen LogP contribution is 2.17. The van der Waals surface area contributed by atoms with Crippen LogP contribution in [0.15, 0.2) is 35.2 Å². The van der Waals surface area contributed by atoms with Gasteiger partial charge in [-0.05, 0) is 51.1 Å². The average molecular weight is 362 g/mol. The van der Waals surface area contributed by atoms with Gasteiger partial charge in [-0.1, -0.05) is 0 Å². The third-order valence-electron chi connectivity index (χ3n) is 3.07. The van der Waals surface area contributed by atoms with Crippen LogP contribution in [0.25, 0.3) is 0 Å². The lowest BCUT2D eigenvalue weighted by atomic mass is 10.2. The molecule has 8 nitrogen and oxygen atoms in total. The molecule has 0 fully saturated rings. The minimum absolute atomic E-state index is 0.000161. The number of aryl methyl sites for hydroxylation is 2. The summed E-state index contributed by atoms with van der Waals surface area (Å²) < 4.78 is 27.1. The zero-order valence-electron chi connectivity index (χ0n) is 14.0. The minimum Gasteiger partial charge on any atom is -0.326 e. The molecule has 25 heavy (non-hydrogen) atoms. The first-order valence-corrected chi connectivity index (χ1v) is 8.88. The van der Waals surface area contributed by atoms with E-state index in [0.29, 0.717) is 17.1 Å². The maximum Gasteiger partial charge on any atom is 0.264 e. The van der Waals surface area contributed by atoms with Crippen molar-refractivity contribution in [2.45, 2.75) is 32.1 Å². The lowest BCUT2D eigenvalue weighted by Crippen LogP contribution is -2.16. The van der Waals surface area contributed by atoms with E-state index in [2.05, 4.69) is 20.0 Å². The van der Waals surface area contributed by atoms with Crippen LogP contribution < -0.4 is 10.0 Å². The Balaban J connectivity index is 2.14. The summed E-state index contributed by atoms with van der Waals surface area (Å²) in [6.07, 6.45) is -0.231. The highest BCUT2D eigenvalue weighted by molar-refractivity contribution is 7.92. The Morgan fingerprint density at radius 1 is 1.04 bits per heavy atom. The lowest BCUT2D eigenvalue weighted by molar-refractivity contribution is -0.124. The van der Waals surface area contributed by atoms with E-state index in [1.807, 2.05) is 0 Å². The number of benzene rings is 1. The molecule has 2 rings (SSSR count). The molecule has 0 radical (unpaired) electrons. The summed E-state index contributed by atoms with van der Waals surface area (Å²) in [5.74, 6) is -0.712. The standard InChI is InChI=1S/C16H18N4O4S/c1-10-8-11(2)18-16(17-10)20-25(23,24)14-6-4-13(5-7-14)19-15(22)9-12(3)21/h4-8H,9H2,1-3H3,(H,19,22)(H,17,18,20). The second kappa shape index (κ2) is 7.39. The Kier molecular flexibility index (Phi) is 5.48.